The highest BCUT2D eigenvalue weighted by molar-refractivity contribution is 5.91. The van der Waals surface area contributed by atoms with Crippen LogP contribution in [0.2, 0.25) is 0 Å². The average Bonchev–Trinajstić information content (AvgIpc) is 3.02. The molecule has 2 heterocycles. The van der Waals surface area contributed by atoms with E-state index in [1.165, 1.54) is 32.9 Å². The molecule has 0 N–H and O–H groups in total. The normalized spacial score (nSPS) is 35.2. The van der Waals surface area contributed by atoms with Crippen molar-refractivity contribution < 1.29 is 57.2 Å². The van der Waals surface area contributed by atoms with Gasteiger partial charge in [0.15, 0.2) is 18.2 Å². The Kier molecular flexibility index (Phi) is 17.2. The minimum atomic E-state index is -1.18. The predicted molar refractivity (Wildman–Crippen MR) is 182 cm³/mol. The summed E-state index contributed by atoms with van der Waals surface area (Å²) < 4.78 is 35.4. The number of ether oxygens (including phenoxy) is 6. The fraction of sp³-hybridized carbons (Fsp3) is 0.676. The number of esters is 4. The summed E-state index contributed by atoms with van der Waals surface area (Å²) in [7, 11) is 3.51. The van der Waals surface area contributed by atoms with Gasteiger partial charge in [-0.05, 0) is 52.8 Å². The Morgan fingerprint density at radius 3 is 2.14 bits per heavy atom. The van der Waals surface area contributed by atoms with Gasteiger partial charge in [0.1, 0.15) is 25.1 Å². The second kappa shape index (κ2) is 20.2. The molecule has 1 fully saturated rings. The summed E-state index contributed by atoms with van der Waals surface area (Å²) in [6, 6.07) is -0.666. The highest BCUT2D eigenvalue weighted by Gasteiger charge is 2.51. The van der Waals surface area contributed by atoms with Crippen LogP contribution >= 0.6 is 0 Å². The van der Waals surface area contributed by atoms with E-state index in [9.17, 15) is 28.8 Å². The van der Waals surface area contributed by atoms with E-state index in [0.717, 1.165) is 6.29 Å². The summed E-state index contributed by atoms with van der Waals surface area (Å²) in [6.45, 7) is 12.7. The molecule has 2 aliphatic heterocycles. The Bertz CT molecular complexity index is 1290. The van der Waals surface area contributed by atoms with Gasteiger partial charge in [-0.25, -0.2) is 4.79 Å². The molecule has 0 amide bonds. The Labute approximate surface area is 295 Å². The third-order valence-corrected chi connectivity index (χ3v) is 8.92. The highest BCUT2D eigenvalue weighted by atomic mass is 16.7. The number of allylic oxidation sites excluding steroid dienone is 3. The standard InChI is InChI=1S/C37H55NO12/c1-11-31-29(20-45-25(6)40)18-21(2)12-14-30(43)23(4)19-28(16-17-39)34(22(3)13-15-32(44)49-31)50-37-36(48-27(8)42)33(38(9)10)35(24(5)46-37)47-26(7)41/h12-15,17-18,22-24,28-29,31,33-37H,11,16,19-20H2,1-10H3/b14-12+,15-13+,21-18+/t22-,23+,24+,28-,29+,31+,33-,34+,35+,36+,37-/m0/s1. The molecule has 13 heteroatoms. The lowest BCUT2D eigenvalue weighted by molar-refractivity contribution is -0.304. The van der Waals surface area contributed by atoms with Gasteiger partial charge in [0.25, 0.3) is 0 Å². The first-order chi connectivity index (χ1) is 23.5. The quantitative estimate of drug-likeness (QED) is 0.183. The van der Waals surface area contributed by atoms with Gasteiger partial charge in [-0.15, -0.1) is 0 Å². The lowest BCUT2D eigenvalue weighted by Gasteiger charge is -2.48. The van der Waals surface area contributed by atoms with Crippen molar-refractivity contribution in [3.05, 3.63) is 36.0 Å². The molecule has 0 aromatic carbocycles. The summed E-state index contributed by atoms with van der Waals surface area (Å²) in [6.07, 6.45) is 4.10. The Balaban J connectivity index is 2.63. The molecule has 0 radical (unpaired) electrons. The third-order valence-electron chi connectivity index (χ3n) is 8.92. The molecule has 280 valence electrons. The molecule has 0 aromatic heterocycles. The first kappa shape index (κ1) is 42.5. The number of ketones is 1. The van der Waals surface area contributed by atoms with Crippen molar-refractivity contribution in [3.8, 4) is 0 Å². The maximum atomic E-state index is 13.4. The van der Waals surface area contributed by atoms with Crippen LogP contribution in [0.4, 0.5) is 0 Å². The molecule has 0 saturated carbocycles. The molecule has 11 atom stereocenters. The van der Waals surface area contributed by atoms with Crippen LogP contribution in [-0.4, -0.2) is 104 Å². The van der Waals surface area contributed by atoms with Crippen LogP contribution in [0, 0.1) is 23.7 Å². The van der Waals surface area contributed by atoms with Crippen molar-refractivity contribution in [1.82, 2.24) is 4.90 Å². The zero-order valence-electron chi connectivity index (χ0n) is 31.0. The number of hydrogen-bond acceptors (Lipinski definition) is 13. The molecular formula is C37H55NO12. The number of carbonyl (C=O) groups is 6. The van der Waals surface area contributed by atoms with E-state index in [4.69, 9.17) is 28.4 Å². The Morgan fingerprint density at radius 1 is 0.940 bits per heavy atom. The topological polar surface area (TPSA) is 161 Å². The van der Waals surface area contributed by atoms with Gasteiger partial charge in [0.2, 0.25) is 0 Å². The third kappa shape index (κ3) is 12.9. The summed E-state index contributed by atoms with van der Waals surface area (Å²) >= 11 is 0. The number of carbonyl (C=O) groups excluding carboxylic acids is 6. The van der Waals surface area contributed by atoms with Crippen LogP contribution in [0.3, 0.4) is 0 Å². The van der Waals surface area contributed by atoms with E-state index in [2.05, 4.69) is 0 Å². The molecular weight excluding hydrogens is 650 g/mol. The van der Waals surface area contributed by atoms with E-state index in [0.29, 0.717) is 12.0 Å². The van der Waals surface area contributed by atoms with Crippen molar-refractivity contribution in [1.29, 1.82) is 0 Å². The lowest BCUT2D eigenvalue weighted by Crippen LogP contribution is -2.65. The average molecular weight is 706 g/mol. The van der Waals surface area contributed by atoms with Gasteiger partial charge in [-0.3, -0.25) is 24.1 Å². The van der Waals surface area contributed by atoms with Crippen LogP contribution in [0.1, 0.15) is 74.7 Å². The molecule has 0 bridgehead atoms. The van der Waals surface area contributed by atoms with Crippen molar-refractivity contribution >= 4 is 35.9 Å². The Hall–Kier alpha value is -3.68. The summed E-state index contributed by atoms with van der Waals surface area (Å²) in [5.74, 6) is -4.49. The number of cyclic esters (lactones) is 1. The van der Waals surface area contributed by atoms with Gasteiger partial charge in [0.05, 0.1) is 18.2 Å². The molecule has 0 spiro atoms. The SMILES string of the molecule is CC[C@H]1OC(=O)/C=C/[C@H](C)[C@@H](O[C@@H]2O[C@H](C)[C@@H](OC(C)=O)[C@H](N(C)C)[C@H]2OC(C)=O)[C@@H](CC=O)C[C@@H](C)C(=O)/C=C/C(C)=C/[C@@H]1COC(C)=O. The zero-order chi connectivity index (χ0) is 37.7. The monoisotopic (exact) mass is 705 g/mol. The van der Waals surface area contributed by atoms with Crippen molar-refractivity contribution in [2.45, 2.75) is 118 Å². The second-order valence-electron chi connectivity index (χ2n) is 13.4. The minimum Gasteiger partial charge on any atom is -0.465 e. The number of aldehydes is 1. The second-order valence-corrected chi connectivity index (χ2v) is 13.4. The van der Waals surface area contributed by atoms with Crippen molar-refractivity contribution in [3.63, 3.8) is 0 Å². The van der Waals surface area contributed by atoms with Gasteiger partial charge >= 0.3 is 23.9 Å². The molecule has 0 aromatic rings. The zero-order valence-corrected chi connectivity index (χ0v) is 31.0. The van der Waals surface area contributed by atoms with E-state index in [1.54, 1.807) is 58.8 Å². The first-order valence-electron chi connectivity index (χ1n) is 17.2. The predicted octanol–water partition coefficient (Wildman–Crippen LogP) is 3.92. The van der Waals surface area contributed by atoms with Gasteiger partial charge in [-0.1, -0.05) is 44.6 Å². The fourth-order valence-electron chi connectivity index (χ4n) is 6.49. The minimum absolute atomic E-state index is 0.0182. The molecule has 2 rings (SSSR count). The number of nitrogens with zero attached hydrogens (tertiary/aromatic N) is 1. The lowest BCUT2D eigenvalue weighted by atomic mass is 9.81. The van der Waals surface area contributed by atoms with E-state index in [1.807, 2.05) is 13.0 Å². The number of rotatable bonds is 10. The van der Waals surface area contributed by atoms with Crippen molar-refractivity contribution in [2.75, 3.05) is 20.7 Å². The van der Waals surface area contributed by atoms with E-state index >= 15 is 0 Å². The first-order valence-corrected chi connectivity index (χ1v) is 17.2. The largest absolute Gasteiger partial charge is 0.465 e. The molecule has 0 unspecified atom stereocenters. The van der Waals surface area contributed by atoms with Gasteiger partial charge in [-0.2, -0.15) is 0 Å². The molecule has 0 aliphatic carbocycles. The maximum absolute atomic E-state index is 13.4. The fourth-order valence-corrected chi connectivity index (χ4v) is 6.49. The molecule has 2 aliphatic rings. The Morgan fingerprint density at radius 2 is 1.58 bits per heavy atom. The van der Waals surface area contributed by atoms with Gasteiger partial charge in [0, 0.05) is 51.0 Å². The summed E-state index contributed by atoms with van der Waals surface area (Å²) in [5.41, 5.74) is 0.710. The van der Waals surface area contributed by atoms with E-state index < -0.39 is 90.4 Å². The smallest absolute Gasteiger partial charge is 0.330 e. The van der Waals surface area contributed by atoms with Crippen molar-refractivity contribution in [2.24, 2.45) is 23.7 Å². The molecule has 50 heavy (non-hydrogen) atoms. The molecule has 13 nitrogen and oxygen atoms in total. The number of likely N-dealkylation sites (N-methyl/N-ethyl adjacent to an activating group) is 1. The number of hydrogen-bond donors (Lipinski definition) is 0. The van der Waals surface area contributed by atoms with Crippen LogP contribution in [0.15, 0.2) is 36.0 Å². The van der Waals surface area contributed by atoms with Crippen LogP contribution in [0.5, 0.6) is 0 Å². The van der Waals surface area contributed by atoms with E-state index in [-0.39, 0.29) is 25.2 Å². The highest BCUT2D eigenvalue weighted by Crippen LogP contribution is 2.35. The summed E-state index contributed by atoms with van der Waals surface area (Å²) in [4.78, 5) is 76.4. The van der Waals surface area contributed by atoms with Crippen LogP contribution < -0.4 is 0 Å². The van der Waals surface area contributed by atoms with Crippen LogP contribution in [0.25, 0.3) is 0 Å². The van der Waals surface area contributed by atoms with Gasteiger partial charge < -0.3 is 33.2 Å². The van der Waals surface area contributed by atoms with Crippen LogP contribution in [-0.2, 0) is 57.2 Å². The maximum Gasteiger partial charge on any atom is 0.330 e. The molecule has 1 saturated heterocycles. The summed E-state index contributed by atoms with van der Waals surface area (Å²) in [5, 5.41) is 0.